The summed E-state index contributed by atoms with van der Waals surface area (Å²) in [4.78, 5) is 4.17. The van der Waals surface area contributed by atoms with Gasteiger partial charge in [-0.2, -0.15) is 0 Å². The molecule has 0 aliphatic heterocycles. The highest BCUT2D eigenvalue weighted by Crippen LogP contribution is 2.64. The van der Waals surface area contributed by atoms with E-state index in [2.05, 4.69) is 157 Å². The van der Waals surface area contributed by atoms with Crippen LogP contribution in [0.4, 0.5) is 34.1 Å². The average molecular weight is 762 g/mol. The van der Waals surface area contributed by atoms with Gasteiger partial charge in [-0.15, -0.1) is 11.3 Å². The molecule has 12 rings (SSSR count). The number of hydrogen-bond acceptors (Lipinski definition) is 3. The van der Waals surface area contributed by atoms with Crippen molar-refractivity contribution in [3.8, 4) is 22.3 Å². The van der Waals surface area contributed by atoms with Gasteiger partial charge in [0.05, 0.1) is 12.3 Å². The van der Waals surface area contributed by atoms with E-state index in [9.17, 15) is 0 Å². The molecule has 10 aromatic rings. The van der Waals surface area contributed by atoms with E-state index in [4.69, 9.17) is 6.85 Å². The van der Waals surface area contributed by atoms with E-state index in [1.165, 1.54) is 31.3 Å². The Morgan fingerprint density at radius 2 is 0.810 bits per heavy atom. The van der Waals surface area contributed by atoms with E-state index in [1.807, 2.05) is 52.6 Å². The van der Waals surface area contributed by atoms with E-state index in [0.29, 0.717) is 11.4 Å². The number of thiophene rings is 1. The summed E-state index contributed by atoms with van der Waals surface area (Å²) in [5.74, 6) is 0. The minimum atomic E-state index is -0.746. The summed E-state index contributed by atoms with van der Waals surface area (Å²) < 4.78 is 46.5. The van der Waals surface area contributed by atoms with Gasteiger partial charge in [-0.1, -0.05) is 139 Å². The molecule has 0 amide bonds. The van der Waals surface area contributed by atoms with Crippen molar-refractivity contribution >= 4 is 65.6 Å². The zero-order chi connectivity index (χ0) is 42.6. The predicted octanol–water partition coefficient (Wildman–Crippen LogP) is 15.3. The zero-order valence-corrected chi connectivity index (χ0v) is 32.0. The van der Waals surface area contributed by atoms with E-state index >= 15 is 0 Å². The van der Waals surface area contributed by atoms with E-state index in [1.54, 1.807) is 0 Å². The van der Waals surface area contributed by atoms with Crippen molar-refractivity contribution in [2.24, 2.45) is 0 Å². The number of anilines is 6. The number of rotatable bonds is 6. The van der Waals surface area contributed by atoms with Crippen LogP contribution < -0.4 is 9.80 Å². The minimum absolute atomic E-state index is 0.0975. The summed E-state index contributed by atoms with van der Waals surface area (Å²) in [5.41, 5.74) is 13.0. The predicted molar refractivity (Wildman–Crippen MR) is 245 cm³/mol. The SMILES string of the molecule is [2H]c1c([2H])c([2H])c(N(c2ccccc2)c2ccc3c(c2)C2(c4ccccc4-c4ccc(N(c5ccccc5)c5ccc6c(c5)sc5ccccc56)cc42)c2ccccc2-3)c([2H])c1[2H]. The van der Waals surface area contributed by atoms with Gasteiger partial charge in [-0.3, -0.25) is 0 Å². The first-order valence-electron chi connectivity index (χ1n) is 22.0. The Bertz CT molecular complexity index is 3450. The van der Waals surface area contributed by atoms with Crippen molar-refractivity contribution in [2.45, 2.75) is 5.41 Å². The Balaban J connectivity index is 1.12. The van der Waals surface area contributed by atoms with E-state index in [-0.39, 0.29) is 29.9 Å². The zero-order valence-electron chi connectivity index (χ0n) is 36.2. The lowest BCUT2D eigenvalue weighted by molar-refractivity contribution is 0.793. The molecule has 2 aliphatic rings. The molecule has 1 aromatic heterocycles. The van der Waals surface area contributed by atoms with Crippen LogP contribution in [-0.2, 0) is 5.41 Å². The van der Waals surface area contributed by atoms with E-state index in [0.717, 1.165) is 50.4 Å². The standard InChI is InChI=1S/C55H36N2S/c1-4-16-37(17-5-1)56(38-18-6-2-7-19-38)40-28-31-45-43-22-10-13-25-49(43)55(51(45)34-40)50-26-14-11-23-44(50)46-32-29-41(35-52(46)55)57(39-20-8-3-9-21-39)42-30-33-48-47-24-12-15-27-53(47)58-54(48)36-42/h1-36H/i1D,4D,5D,16D,17D. The van der Waals surface area contributed by atoms with Gasteiger partial charge in [-0.25, -0.2) is 0 Å². The molecular weight excluding hydrogens is 721 g/mol. The fourth-order valence-electron chi connectivity index (χ4n) is 9.61. The van der Waals surface area contributed by atoms with Crippen LogP contribution in [0.2, 0.25) is 0 Å². The highest BCUT2D eigenvalue weighted by molar-refractivity contribution is 7.25. The number of para-hydroxylation sites is 3. The van der Waals surface area contributed by atoms with E-state index < -0.39 is 11.5 Å². The molecule has 58 heavy (non-hydrogen) atoms. The second kappa shape index (κ2) is 12.9. The summed E-state index contributed by atoms with van der Waals surface area (Å²) in [7, 11) is 0. The third-order valence-corrected chi connectivity index (χ3v) is 13.1. The first-order valence-corrected chi connectivity index (χ1v) is 20.3. The van der Waals surface area contributed by atoms with Gasteiger partial charge in [-0.05, 0) is 123 Å². The molecule has 3 heteroatoms. The minimum Gasteiger partial charge on any atom is -0.310 e. The molecule has 0 fully saturated rings. The van der Waals surface area contributed by atoms with Gasteiger partial charge in [0.1, 0.15) is 0 Å². The van der Waals surface area contributed by atoms with Crippen LogP contribution in [0.5, 0.6) is 0 Å². The summed E-state index contributed by atoms with van der Waals surface area (Å²) in [5, 5.41) is 2.52. The third-order valence-electron chi connectivity index (χ3n) is 11.9. The van der Waals surface area contributed by atoms with Crippen LogP contribution in [-0.4, -0.2) is 0 Å². The second-order valence-electron chi connectivity index (χ2n) is 14.9. The van der Waals surface area contributed by atoms with Crippen molar-refractivity contribution in [3.05, 3.63) is 241 Å². The molecule has 2 nitrogen and oxygen atoms in total. The number of fused-ring (bicyclic) bond motifs is 13. The van der Waals surface area contributed by atoms with Gasteiger partial charge >= 0.3 is 0 Å². The van der Waals surface area contributed by atoms with Crippen LogP contribution >= 0.6 is 11.3 Å². The fraction of sp³-hybridized carbons (Fsp3) is 0.0182. The van der Waals surface area contributed by atoms with Crippen molar-refractivity contribution in [2.75, 3.05) is 9.80 Å². The Hall–Kier alpha value is -7.20. The summed E-state index contributed by atoms with van der Waals surface area (Å²) in [6.45, 7) is 0. The highest BCUT2D eigenvalue weighted by Gasteiger charge is 2.52. The molecular formula is C55H36N2S. The van der Waals surface area contributed by atoms with Gasteiger partial charge < -0.3 is 9.80 Å². The molecule has 2 aliphatic carbocycles. The van der Waals surface area contributed by atoms with Crippen molar-refractivity contribution in [1.29, 1.82) is 0 Å². The lowest BCUT2D eigenvalue weighted by Crippen LogP contribution is -2.26. The first-order chi connectivity index (χ1) is 30.8. The van der Waals surface area contributed by atoms with Crippen molar-refractivity contribution < 1.29 is 6.85 Å². The molecule has 0 bridgehead atoms. The lowest BCUT2D eigenvalue weighted by Gasteiger charge is -2.33. The summed E-state index contributed by atoms with van der Waals surface area (Å²) in [6.07, 6.45) is 0. The van der Waals surface area contributed by atoms with Crippen LogP contribution in [0.1, 0.15) is 29.1 Å². The number of hydrogen-bond donors (Lipinski definition) is 0. The average Bonchev–Trinajstić information content (AvgIpc) is 3.95. The topological polar surface area (TPSA) is 6.48 Å². The summed E-state index contributed by atoms with van der Waals surface area (Å²) >= 11 is 1.82. The molecule has 0 radical (unpaired) electrons. The molecule has 272 valence electrons. The molecule has 0 N–H and O–H groups in total. The van der Waals surface area contributed by atoms with Gasteiger partial charge in [0, 0.05) is 54.3 Å². The molecule has 1 heterocycles. The summed E-state index contributed by atoms with van der Waals surface area (Å²) in [6, 6.07) is 64.4. The van der Waals surface area contributed by atoms with Gasteiger partial charge in [0.15, 0.2) is 0 Å². The Morgan fingerprint density at radius 1 is 0.345 bits per heavy atom. The maximum absolute atomic E-state index is 9.14. The van der Waals surface area contributed by atoms with Crippen LogP contribution in [0, 0.1) is 0 Å². The van der Waals surface area contributed by atoms with Gasteiger partial charge in [0.25, 0.3) is 0 Å². The molecule has 0 saturated heterocycles. The monoisotopic (exact) mass is 761 g/mol. The molecule has 9 aromatic carbocycles. The largest absolute Gasteiger partial charge is 0.310 e. The Labute approximate surface area is 349 Å². The van der Waals surface area contributed by atoms with Crippen molar-refractivity contribution in [3.63, 3.8) is 0 Å². The third kappa shape index (κ3) is 4.78. The van der Waals surface area contributed by atoms with Crippen LogP contribution in [0.3, 0.4) is 0 Å². The maximum Gasteiger partial charge on any atom is 0.0727 e. The second-order valence-corrected chi connectivity index (χ2v) is 16.0. The van der Waals surface area contributed by atoms with Crippen LogP contribution in [0.15, 0.2) is 218 Å². The highest BCUT2D eigenvalue weighted by atomic mass is 32.1. The number of benzene rings is 9. The van der Waals surface area contributed by atoms with Gasteiger partial charge in [0.2, 0.25) is 0 Å². The number of nitrogens with zero attached hydrogens (tertiary/aromatic N) is 2. The Morgan fingerprint density at radius 3 is 1.43 bits per heavy atom. The Kier molecular flexibility index (Phi) is 6.29. The lowest BCUT2D eigenvalue weighted by atomic mass is 9.70. The molecule has 1 atom stereocenters. The molecule has 1 unspecified atom stereocenters. The normalized spacial score (nSPS) is 15.8. The smallest absolute Gasteiger partial charge is 0.0727 e. The maximum atomic E-state index is 9.14. The molecule has 1 spiro atoms. The first kappa shape index (κ1) is 28.2. The van der Waals surface area contributed by atoms with Crippen molar-refractivity contribution in [1.82, 2.24) is 0 Å². The quantitative estimate of drug-likeness (QED) is 0.166. The molecule has 0 saturated carbocycles. The van der Waals surface area contributed by atoms with Crippen LogP contribution in [0.25, 0.3) is 42.4 Å². The fourth-order valence-corrected chi connectivity index (χ4v) is 10.7.